The molecule has 1 heterocycles. The van der Waals surface area contributed by atoms with Crippen LogP contribution < -0.4 is 10.1 Å². The lowest BCUT2D eigenvalue weighted by molar-refractivity contribution is -0.149. The highest BCUT2D eigenvalue weighted by Crippen LogP contribution is 2.23. The maximum atomic E-state index is 12.6. The second kappa shape index (κ2) is 7.49. The first-order valence-corrected chi connectivity index (χ1v) is 8.16. The van der Waals surface area contributed by atoms with Crippen molar-refractivity contribution in [1.82, 2.24) is 10.2 Å². The number of amides is 2. The van der Waals surface area contributed by atoms with Gasteiger partial charge in [0.05, 0.1) is 7.11 Å². The summed E-state index contributed by atoms with van der Waals surface area (Å²) in [7, 11) is 1.60. The maximum Gasteiger partial charge on any atom is 0.237 e. The van der Waals surface area contributed by atoms with E-state index in [9.17, 15) is 9.59 Å². The minimum absolute atomic E-state index is 0.0882. The molecule has 0 aliphatic carbocycles. The van der Waals surface area contributed by atoms with Gasteiger partial charge in [0.1, 0.15) is 11.2 Å². The zero-order valence-corrected chi connectivity index (χ0v) is 14.2. The topological polar surface area (TPSA) is 58.6 Å². The summed E-state index contributed by atoms with van der Waals surface area (Å²) >= 11 is 0. The van der Waals surface area contributed by atoms with Crippen LogP contribution in [0.25, 0.3) is 0 Å². The fraction of sp³-hybridized carbons (Fsp3) is 0.556. The van der Waals surface area contributed by atoms with Crippen molar-refractivity contribution < 1.29 is 14.3 Å². The van der Waals surface area contributed by atoms with Gasteiger partial charge in [0.15, 0.2) is 0 Å². The molecule has 0 radical (unpaired) electrons. The Kier molecular flexibility index (Phi) is 5.64. The van der Waals surface area contributed by atoms with Crippen molar-refractivity contribution in [3.05, 3.63) is 29.8 Å². The van der Waals surface area contributed by atoms with Crippen LogP contribution in [0.2, 0.25) is 0 Å². The smallest absolute Gasteiger partial charge is 0.237 e. The Bertz CT molecular complexity index is 563. The number of para-hydroxylation sites is 1. The van der Waals surface area contributed by atoms with Gasteiger partial charge in [-0.1, -0.05) is 18.2 Å². The van der Waals surface area contributed by atoms with Crippen molar-refractivity contribution in [1.29, 1.82) is 0 Å². The number of hydrogen-bond donors (Lipinski definition) is 1. The number of rotatable bonds is 5. The average molecular weight is 318 g/mol. The average Bonchev–Trinajstić information content (AvgIpc) is 2.59. The summed E-state index contributed by atoms with van der Waals surface area (Å²) in [6.45, 7) is 5.24. The highest BCUT2D eigenvalue weighted by atomic mass is 16.5. The van der Waals surface area contributed by atoms with Gasteiger partial charge in [-0.3, -0.25) is 9.59 Å². The summed E-state index contributed by atoms with van der Waals surface area (Å²) in [5.41, 5.74) is -0.163. The summed E-state index contributed by atoms with van der Waals surface area (Å²) < 4.78 is 5.28. The van der Waals surface area contributed by atoms with Crippen molar-refractivity contribution >= 4 is 11.8 Å². The molecule has 1 aliphatic rings. The molecule has 0 spiro atoms. The van der Waals surface area contributed by atoms with E-state index < -0.39 is 5.41 Å². The molecule has 0 bridgehead atoms. The number of carbonyl (C=O) groups is 2. The number of methoxy groups -OCH3 is 1. The molecule has 1 saturated heterocycles. The predicted octanol–water partition coefficient (Wildman–Crippen LogP) is 2.35. The first-order valence-electron chi connectivity index (χ1n) is 8.16. The van der Waals surface area contributed by atoms with Gasteiger partial charge in [-0.2, -0.15) is 0 Å². The molecule has 126 valence electrons. The van der Waals surface area contributed by atoms with Gasteiger partial charge in [-0.05, 0) is 39.2 Å². The molecule has 0 saturated carbocycles. The summed E-state index contributed by atoms with van der Waals surface area (Å²) in [5, 5.41) is 2.87. The lowest BCUT2D eigenvalue weighted by Gasteiger charge is -2.33. The first-order chi connectivity index (χ1) is 11.0. The third-order valence-electron chi connectivity index (χ3n) is 4.38. The zero-order valence-electron chi connectivity index (χ0n) is 14.2. The van der Waals surface area contributed by atoms with E-state index in [2.05, 4.69) is 5.32 Å². The molecule has 5 heteroatoms. The minimum atomic E-state index is -1.06. The van der Waals surface area contributed by atoms with Gasteiger partial charge in [0, 0.05) is 25.2 Å². The fourth-order valence-corrected chi connectivity index (χ4v) is 2.83. The van der Waals surface area contributed by atoms with Crippen molar-refractivity contribution in [2.75, 3.05) is 20.2 Å². The van der Waals surface area contributed by atoms with E-state index >= 15 is 0 Å². The molecule has 1 aromatic rings. The van der Waals surface area contributed by atoms with Crippen LogP contribution in [0.3, 0.4) is 0 Å². The Morgan fingerprint density at radius 2 is 1.83 bits per heavy atom. The third kappa shape index (κ3) is 4.03. The van der Waals surface area contributed by atoms with Crippen molar-refractivity contribution in [2.45, 2.75) is 39.7 Å². The summed E-state index contributed by atoms with van der Waals surface area (Å²) in [5.74, 6) is 0.390. The Morgan fingerprint density at radius 3 is 2.48 bits per heavy atom. The monoisotopic (exact) mass is 318 g/mol. The summed E-state index contributed by atoms with van der Waals surface area (Å²) in [6.07, 6.45) is 3.19. The van der Waals surface area contributed by atoms with Crippen molar-refractivity contribution in [2.24, 2.45) is 5.41 Å². The van der Waals surface area contributed by atoms with Gasteiger partial charge in [0.2, 0.25) is 11.8 Å². The number of piperidine rings is 1. The van der Waals surface area contributed by atoms with Crippen molar-refractivity contribution in [3.8, 4) is 5.75 Å². The second-order valence-corrected chi connectivity index (χ2v) is 6.47. The van der Waals surface area contributed by atoms with Gasteiger partial charge >= 0.3 is 0 Å². The molecule has 2 rings (SSSR count). The molecule has 1 aromatic carbocycles. The van der Waals surface area contributed by atoms with E-state index in [-0.39, 0.29) is 11.8 Å². The number of carbonyl (C=O) groups excluding carboxylic acids is 2. The van der Waals surface area contributed by atoms with Crippen LogP contribution in [-0.4, -0.2) is 36.9 Å². The van der Waals surface area contributed by atoms with Crippen LogP contribution in [0.1, 0.15) is 38.7 Å². The van der Waals surface area contributed by atoms with Gasteiger partial charge in [-0.25, -0.2) is 0 Å². The number of ether oxygens (including phenoxy) is 1. The van der Waals surface area contributed by atoms with Gasteiger partial charge in [0.25, 0.3) is 0 Å². The van der Waals surface area contributed by atoms with E-state index in [1.54, 1.807) is 21.0 Å². The quantitative estimate of drug-likeness (QED) is 0.848. The molecule has 2 amide bonds. The fourth-order valence-electron chi connectivity index (χ4n) is 2.83. The standard InChI is InChI=1S/C18H26N2O3/c1-18(2,17(22)20-11-7-4-8-12-20)16(21)19-13-14-9-5-6-10-15(14)23-3/h5-6,9-10H,4,7-8,11-13H2,1-3H3,(H,19,21). The Morgan fingerprint density at radius 1 is 1.17 bits per heavy atom. The molecule has 1 fully saturated rings. The second-order valence-electron chi connectivity index (χ2n) is 6.47. The number of benzene rings is 1. The third-order valence-corrected chi connectivity index (χ3v) is 4.38. The maximum absolute atomic E-state index is 12.6. The normalized spacial score (nSPS) is 15.2. The van der Waals surface area contributed by atoms with E-state index in [1.807, 2.05) is 29.2 Å². The minimum Gasteiger partial charge on any atom is -0.496 e. The Hall–Kier alpha value is -2.04. The largest absolute Gasteiger partial charge is 0.496 e. The highest BCUT2D eigenvalue weighted by Gasteiger charge is 2.39. The number of hydrogen-bond acceptors (Lipinski definition) is 3. The first kappa shape index (κ1) is 17.3. The van der Waals surface area contributed by atoms with Crippen LogP contribution in [0.5, 0.6) is 5.75 Å². The molecule has 1 N–H and O–H groups in total. The van der Waals surface area contributed by atoms with Crippen LogP contribution in [-0.2, 0) is 16.1 Å². The van der Waals surface area contributed by atoms with Crippen LogP contribution in [0.15, 0.2) is 24.3 Å². The van der Waals surface area contributed by atoms with Gasteiger partial charge < -0.3 is 15.0 Å². The number of likely N-dealkylation sites (tertiary alicyclic amines) is 1. The molecule has 23 heavy (non-hydrogen) atoms. The molecule has 0 unspecified atom stereocenters. The van der Waals surface area contributed by atoms with Crippen molar-refractivity contribution in [3.63, 3.8) is 0 Å². The molecule has 5 nitrogen and oxygen atoms in total. The SMILES string of the molecule is COc1ccccc1CNC(=O)C(C)(C)C(=O)N1CCCCC1. The lowest BCUT2D eigenvalue weighted by atomic mass is 9.89. The highest BCUT2D eigenvalue weighted by molar-refractivity contribution is 6.04. The molecular formula is C18H26N2O3. The zero-order chi connectivity index (χ0) is 16.9. The number of nitrogens with one attached hydrogen (secondary N) is 1. The molecule has 0 atom stereocenters. The van der Waals surface area contributed by atoms with E-state index in [1.165, 1.54) is 0 Å². The summed E-state index contributed by atoms with van der Waals surface area (Å²) in [6, 6.07) is 7.53. The number of nitrogens with zero attached hydrogens (tertiary/aromatic N) is 1. The predicted molar refractivity (Wildman–Crippen MR) is 89.1 cm³/mol. The van der Waals surface area contributed by atoms with Gasteiger partial charge in [-0.15, -0.1) is 0 Å². The van der Waals surface area contributed by atoms with E-state index in [0.717, 1.165) is 43.7 Å². The molecular weight excluding hydrogens is 292 g/mol. The van der Waals surface area contributed by atoms with Crippen LogP contribution in [0, 0.1) is 5.41 Å². The molecule has 1 aliphatic heterocycles. The van der Waals surface area contributed by atoms with Crippen LogP contribution in [0.4, 0.5) is 0 Å². The Balaban J connectivity index is 1.99. The molecule has 0 aromatic heterocycles. The Labute approximate surface area is 138 Å². The van der Waals surface area contributed by atoms with E-state index in [4.69, 9.17) is 4.74 Å². The summed E-state index contributed by atoms with van der Waals surface area (Å²) in [4.78, 5) is 27.0. The lowest BCUT2D eigenvalue weighted by Crippen LogP contribution is -2.50. The van der Waals surface area contributed by atoms with E-state index in [0.29, 0.717) is 6.54 Å². The van der Waals surface area contributed by atoms with Crippen LogP contribution >= 0.6 is 0 Å².